The van der Waals surface area contributed by atoms with Crippen LogP contribution in [0.5, 0.6) is 0 Å². The van der Waals surface area contributed by atoms with Gasteiger partial charge < -0.3 is 0 Å². The van der Waals surface area contributed by atoms with E-state index in [0.29, 0.717) is 0 Å². The van der Waals surface area contributed by atoms with Crippen molar-refractivity contribution in [3.05, 3.63) is 91.4 Å². The van der Waals surface area contributed by atoms with E-state index in [-0.39, 0.29) is 11.7 Å². The number of rotatable bonds is 4. The number of hydrogen-bond donors (Lipinski definition) is 0. The maximum atomic E-state index is 13.5. The number of nitrogens with zero attached hydrogens (tertiary/aromatic N) is 5. The third-order valence-electron chi connectivity index (χ3n) is 5.34. The summed E-state index contributed by atoms with van der Waals surface area (Å²) in [7, 11) is 0. The Morgan fingerprint density at radius 2 is 1.52 bits per heavy atom. The third-order valence-corrected chi connectivity index (χ3v) is 7.46. The van der Waals surface area contributed by atoms with Gasteiger partial charge in [-0.3, -0.25) is 9.69 Å². The number of anilines is 2. The van der Waals surface area contributed by atoms with E-state index >= 15 is 0 Å². The van der Waals surface area contributed by atoms with E-state index in [1.165, 1.54) is 18.1 Å². The Balaban J connectivity index is 1.31. The minimum Gasteiger partial charge on any atom is -0.278 e. The topological polar surface area (TPSA) is 63.9 Å². The van der Waals surface area contributed by atoms with Gasteiger partial charge in [-0.25, -0.2) is 14.6 Å². The molecule has 0 bridgehead atoms. The van der Waals surface area contributed by atoms with Crippen LogP contribution in [0.25, 0.3) is 16.7 Å². The third kappa shape index (κ3) is 3.57. The van der Waals surface area contributed by atoms with Crippen LogP contribution in [-0.4, -0.2) is 31.4 Å². The zero-order valence-corrected chi connectivity index (χ0v) is 19.0. The second-order valence-corrected chi connectivity index (χ2v) is 9.41. The molecule has 160 valence electrons. The van der Waals surface area contributed by atoms with Crippen LogP contribution in [0.3, 0.4) is 0 Å². The molecule has 1 amide bonds. The summed E-state index contributed by atoms with van der Waals surface area (Å²) in [5, 5.41) is 6.07. The number of fused-ring (bicyclic) bond motifs is 3. The van der Waals surface area contributed by atoms with Gasteiger partial charge in [-0.05, 0) is 36.4 Å². The standard InChI is InChI=1S/C25H17N5OS2/c31-23(29-19-10-4-6-12-21(19)33-22-13-7-5-11-20(22)29)15-32-25-18-14-28-30(24(18)26-16-27-25)17-8-2-1-3-9-17/h1-14,16H,15H2. The molecular formula is C25H17N5OS2. The van der Waals surface area contributed by atoms with Crippen molar-refractivity contribution >= 4 is 51.8 Å². The van der Waals surface area contributed by atoms with Crippen molar-refractivity contribution in [1.82, 2.24) is 19.7 Å². The van der Waals surface area contributed by atoms with Crippen LogP contribution in [0.4, 0.5) is 11.4 Å². The van der Waals surface area contributed by atoms with E-state index in [9.17, 15) is 4.79 Å². The lowest BCUT2D eigenvalue weighted by molar-refractivity contribution is -0.115. The van der Waals surface area contributed by atoms with Gasteiger partial charge in [0.1, 0.15) is 11.4 Å². The highest BCUT2D eigenvalue weighted by Crippen LogP contribution is 2.48. The van der Waals surface area contributed by atoms with Gasteiger partial charge in [-0.1, -0.05) is 66.0 Å². The minimum atomic E-state index is 0.00223. The molecule has 6 rings (SSSR count). The summed E-state index contributed by atoms with van der Waals surface area (Å²) in [5.74, 6) is 0.248. The average Bonchev–Trinajstić information content (AvgIpc) is 3.31. The predicted octanol–water partition coefficient (Wildman–Crippen LogP) is 5.74. The maximum Gasteiger partial charge on any atom is 0.242 e. The van der Waals surface area contributed by atoms with Crippen LogP contribution >= 0.6 is 23.5 Å². The highest BCUT2D eigenvalue weighted by Gasteiger charge is 2.28. The summed E-state index contributed by atoms with van der Waals surface area (Å²) < 4.78 is 1.79. The Bertz CT molecular complexity index is 1440. The van der Waals surface area contributed by atoms with E-state index in [0.717, 1.165) is 42.9 Å². The Kier molecular flexibility index (Phi) is 5.09. The fraction of sp³-hybridized carbons (Fsp3) is 0.0400. The van der Waals surface area contributed by atoms with Crippen molar-refractivity contribution in [2.75, 3.05) is 10.7 Å². The second kappa shape index (κ2) is 8.38. The predicted molar refractivity (Wildman–Crippen MR) is 132 cm³/mol. The summed E-state index contributed by atoms with van der Waals surface area (Å²) in [4.78, 5) is 26.3. The molecule has 1 aliphatic heterocycles. The average molecular weight is 468 g/mol. The molecule has 0 N–H and O–H groups in total. The number of aromatic nitrogens is 4. The molecule has 5 aromatic rings. The normalized spacial score (nSPS) is 12.4. The fourth-order valence-electron chi connectivity index (χ4n) is 3.86. The molecule has 0 saturated carbocycles. The van der Waals surface area contributed by atoms with E-state index in [2.05, 4.69) is 27.2 Å². The molecule has 1 aliphatic rings. The van der Waals surface area contributed by atoms with E-state index in [1.807, 2.05) is 71.6 Å². The van der Waals surface area contributed by atoms with Crippen LogP contribution in [-0.2, 0) is 4.79 Å². The number of hydrogen-bond acceptors (Lipinski definition) is 6. The minimum absolute atomic E-state index is 0.00223. The molecule has 0 fully saturated rings. The highest BCUT2D eigenvalue weighted by atomic mass is 32.2. The summed E-state index contributed by atoms with van der Waals surface area (Å²) >= 11 is 3.10. The first-order valence-electron chi connectivity index (χ1n) is 10.4. The summed E-state index contributed by atoms with van der Waals surface area (Å²) in [5.41, 5.74) is 3.47. The van der Waals surface area contributed by atoms with Gasteiger partial charge >= 0.3 is 0 Å². The van der Waals surface area contributed by atoms with E-state index in [1.54, 1.807) is 22.6 Å². The van der Waals surface area contributed by atoms with Crippen molar-refractivity contribution in [1.29, 1.82) is 0 Å². The molecule has 0 radical (unpaired) electrons. The largest absolute Gasteiger partial charge is 0.278 e. The lowest BCUT2D eigenvalue weighted by atomic mass is 10.2. The van der Waals surface area contributed by atoms with Crippen molar-refractivity contribution in [2.45, 2.75) is 14.8 Å². The molecule has 0 saturated heterocycles. The van der Waals surface area contributed by atoms with Gasteiger partial charge in [-0.2, -0.15) is 5.10 Å². The summed E-state index contributed by atoms with van der Waals surface area (Å²) in [6.45, 7) is 0. The Morgan fingerprint density at radius 1 is 0.848 bits per heavy atom. The lowest BCUT2D eigenvalue weighted by Gasteiger charge is -2.30. The van der Waals surface area contributed by atoms with Gasteiger partial charge in [0, 0.05) is 9.79 Å². The SMILES string of the molecule is O=C(CSc1ncnc2c1cnn2-c1ccccc1)N1c2ccccc2Sc2ccccc21. The van der Waals surface area contributed by atoms with Crippen molar-refractivity contribution < 1.29 is 4.79 Å². The quantitative estimate of drug-likeness (QED) is 0.248. The van der Waals surface area contributed by atoms with Crippen LogP contribution < -0.4 is 4.90 Å². The van der Waals surface area contributed by atoms with Crippen molar-refractivity contribution in [2.24, 2.45) is 0 Å². The number of benzene rings is 3. The zero-order chi connectivity index (χ0) is 22.2. The fourth-order valence-corrected chi connectivity index (χ4v) is 5.73. The number of carbonyl (C=O) groups excluding carboxylic acids is 1. The maximum absolute atomic E-state index is 13.5. The number of amides is 1. The molecule has 6 nitrogen and oxygen atoms in total. The van der Waals surface area contributed by atoms with Crippen LogP contribution in [0.15, 0.2) is 106 Å². The Hall–Kier alpha value is -3.62. The first-order valence-corrected chi connectivity index (χ1v) is 12.2. The van der Waals surface area contributed by atoms with Crippen LogP contribution in [0, 0.1) is 0 Å². The molecule has 3 aromatic carbocycles. The van der Waals surface area contributed by atoms with Gasteiger partial charge in [0.15, 0.2) is 5.65 Å². The summed E-state index contributed by atoms with van der Waals surface area (Å²) in [6, 6.07) is 25.9. The van der Waals surface area contributed by atoms with Crippen LogP contribution in [0.2, 0.25) is 0 Å². The highest BCUT2D eigenvalue weighted by molar-refractivity contribution is 8.00. The first-order chi connectivity index (χ1) is 16.3. The molecule has 8 heteroatoms. The molecule has 0 aliphatic carbocycles. The molecular weight excluding hydrogens is 450 g/mol. The number of carbonyl (C=O) groups is 1. The van der Waals surface area contributed by atoms with Gasteiger partial charge in [0.25, 0.3) is 0 Å². The summed E-state index contributed by atoms with van der Waals surface area (Å²) in [6.07, 6.45) is 3.29. The monoisotopic (exact) mass is 467 g/mol. The van der Waals surface area contributed by atoms with E-state index in [4.69, 9.17) is 0 Å². The molecule has 0 unspecified atom stereocenters. The van der Waals surface area contributed by atoms with Gasteiger partial charge in [0.05, 0.1) is 34.4 Å². The van der Waals surface area contributed by atoms with Crippen LogP contribution in [0.1, 0.15) is 0 Å². The Labute approximate surface area is 198 Å². The molecule has 0 spiro atoms. The smallest absolute Gasteiger partial charge is 0.242 e. The van der Waals surface area contributed by atoms with Crippen molar-refractivity contribution in [3.63, 3.8) is 0 Å². The molecule has 3 heterocycles. The van der Waals surface area contributed by atoms with E-state index < -0.39 is 0 Å². The first kappa shape index (κ1) is 20.0. The Morgan fingerprint density at radius 3 is 2.24 bits per heavy atom. The number of para-hydroxylation sites is 3. The number of thioether (sulfide) groups is 1. The van der Waals surface area contributed by atoms with Crippen molar-refractivity contribution in [3.8, 4) is 5.69 Å². The molecule has 33 heavy (non-hydrogen) atoms. The van der Waals surface area contributed by atoms with Gasteiger partial charge in [-0.15, -0.1) is 0 Å². The second-order valence-electron chi connectivity index (χ2n) is 7.36. The lowest BCUT2D eigenvalue weighted by Crippen LogP contribution is -2.30. The molecule has 2 aromatic heterocycles. The molecule has 0 atom stereocenters. The zero-order valence-electron chi connectivity index (χ0n) is 17.3. The van der Waals surface area contributed by atoms with Gasteiger partial charge in [0.2, 0.25) is 5.91 Å².